The van der Waals surface area contributed by atoms with Crippen LogP contribution in [0.3, 0.4) is 0 Å². The lowest BCUT2D eigenvalue weighted by atomic mass is 10.0. The second-order valence-corrected chi connectivity index (χ2v) is 15.6. The van der Waals surface area contributed by atoms with E-state index in [-0.39, 0.29) is 33.6 Å². The number of hydrogen-bond donors (Lipinski definition) is 1. The van der Waals surface area contributed by atoms with E-state index in [4.69, 9.17) is 46.4 Å². The van der Waals surface area contributed by atoms with Gasteiger partial charge in [-0.15, -0.1) is 0 Å². The van der Waals surface area contributed by atoms with E-state index >= 15 is 0 Å². The third-order valence-electron chi connectivity index (χ3n) is 7.24. The molecule has 2 amide bonds. The number of rotatable bonds is 11. The van der Waals surface area contributed by atoms with Crippen LogP contribution in [0, 0.1) is 6.92 Å². The third kappa shape index (κ3) is 9.42. The van der Waals surface area contributed by atoms with Gasteiger partial charge in [0.05, 0.1) is 20.6 Å². The fourth-order valence-electron chi connectivity index (χ4n) is 4.87. The molecule has 248 valence electrons. The van der Waals surface area contributed by atoms with Gasteiger partial charge >= 0.3 is 0 Å². The summed E-state index contributed by atoms with van der Waals surface area (Å²) in [7, 11) is -4.32. The van der Waals surface area contributed by atoms with Crippen LogP contribution in [-0.2, 0) is 32.6 Å². The normalized spacial score (nSPS) is 12.3. The largest absolute Gasteiger partial charge is 0.350 e. The van der Waals surface area contributed by atoms with Crippen molar-refractivity contribution >= 4 is 73.9 Å². The molecule has 0 heterocycles. The molecule has 1 N–H and O–H groups in total. The Labute approximate surface area is 296 Å². The van der Waals surface area contributed by atoms with Crippen molar-refractivity contribution in [2.45, 2.75) is 57.1 Å². The highest BCUT2D eigenvalue weighted by Crippen LogP contribution is 2.32. The van der Waals surface area contributed by atoms with E-state index in [2.05, 4.69) is 5.32 Å². The van der Waals surface area contributed by atoms with Crippen molar-refractivity contribution in [1.82, 2.24) is 10.2 Å². The fourth-order valence-corrected chi connectivity index (χ4v) is 7.08. The Kier molecular flexibility index (Phi) is 11.9. The number of carbonyl (C=O) groups excluding carboxylic acids is 2. The minimum atomic E-state index is -4.32. The van der Waals surface area contributed by atoms with Crippen molar-refractivity contribution in [2.24, 2.45) is 0 Å². The molecule has 0 saturated carbocycles. The molecule has 0 spiro atoms. The Morgan fingerprint density at radius 1 is 0.787 bits per heavy atom. The van der Waals surface area contributed by atoms with Crippen molar-refractivity contribution in [3.05, 3.63) is 128 Å². The van der Waals surface area contributed by atoms with Crippen LogP contribution in [-0.4, -0.2) is 43.3 Å². The van der Waals surface area contributed by atoms with Crippen LogP contribution in [0.4, 0.5) is 5.69 Å². The summed E-state index contributed by atoms with van der Waals surface area (Å²) < 4.78 is 29.4. The van der Waals surface area contributed by atoms with E-state index in [1.165, 1.54) is 35.2 Å². The lowest BCUT2D eigenvalue weighted by molar-refractivity contribution is -0.140. The van der Waals surface area contributed by atoms with Crippen LogP contribution in [0.5, 0.6) is 0 Å². The molecule has 1 atom stereocenters. The zero-order valence-corrected chi connectivity index (χ0v) is 30.1. The first-order valence-electron chi connectivity index (χ1n) is 14.7. The summed E-state index contributed by atoms with van der Waals surface area (Å²) in [5, 5.41) is 3.89. The van der Waals surface area contributed by atoms with Gasteiger partial charge in [-0.05, 0) is 75.7 Å². The average Bonchev–Trinajstić information content (AvgIpc) is 3.00. The molecule has 4 aromatic carbocycles. The van der Waals surface area contributed by atoms with Gasteiger partial charge in [0.2, 0.25) is 11.8 Å². The Morgan fingerprint density at radius 2 is 1.40 bits per heavy atom. The van der Waals surface area contributed by atoms with Crippen LogP contribution < -0.4 is 9.62 Å². The molecule has 4 rings (SSSR count). The van der Waals surface area contributed by atoms with Crippen LogP contribution in [0.1, 0.15) is 37.5 Å². The Balaban J connectivity index is 1.87. The number of halogens is 4. The summed E-state index contributed by atoms with van der Waals surface area (Å²) in [6.45, 7) is 6.49. The monoisotopic (exact) mass is 733 g/mol. The lowest BCUT2D eigenvalue weighted by Gasteiger charge is -2.35. The second-order valence-electron chi connectivity index (χ2n) is 12.1. The molecular formula is C35H35Cl4N3O4S. The predicted octanol–water partition coefficient (Wildman–Crippen LogP) is 8.36. The Bertz CT molecular complexity index is 1830. The highest BCUT2D eigenvalue weighted by Gasteiger charge is 2.36. The number of sulfonamides is 1. The van der Waals surface area contributed by atoms with E-state index in [0.717, 1.165) is 15.4 Å². The van der Waals surface area contributed by atoms with Gasteiger partial charge in [0, 0.05) is 34.1 Å². The molecule has 0 bridgehead atoms. The van der Waals surface area contributed by atoms with Crippen LogP contribution in [0.2, 0.25) is 20.1 Å². The van der Waals surface area contributed by atoms with Crippen LogP contribution in [0.25, 0.3) is 0 Å². The van der Waals surface area contributed by atoms with Gasteiger partial charge in [-0.25, -0.2) is 8.42 Å². The summed E-state index contributed by atoms with van der Waals surface area (Å²) in [6.07, 6.45) is 0.133. The topological polar surface area (TPSA) is 86.8 Å². The van der Waals surface area contributed by atoms with Gasteiger partial charge in [0.25, 0.3) is 10.0 Å². The zero-order valence-electron chi connectivity index (χ0n) is 26.3. The minimum absolute atomic E-state index is 0.0334. The van der Waals surface area contributed by atoms with E-state index in [1.807, 2.05) is 58.0 Å². The molecule has 0 unspecified atom stereocenters. The van der Waals surface area contributed by atoms with E-state index in [1.54, 1.807) is 30.3 Å². The number of hydrogen-bond acceptors (Lipinski definition) is 4. The number of benzene rings is 4. The van der Waals surface area contributed by atoms with Crippen molar-refractivity contribution < 1.29 is 18.0 Å². The molecule has 0 fully saturated rings. The quantitative estimate of drug-likeness (QED) is 0.168. The molecule has 4 aromatic rings. The van der Waals surface area contributed by atoms with Gasteiger partial charge in [0.15, 0.2) is 0 Å². The second kappa shape index (κ2) is 15.3. The molecule has 0 saturated heterocycles. The van der Waals surface area contributed by atoms with Gasteiger partial charge < -0.3 is 10.2 Å². The molecule has 0 aromatic heterocycles. The van der Waals surface area contributed by atoms with Crippen molar-refractivity contribution in [1.29, 1.82) is 0 Å². The summed E-state index contributed by atoms with van der Waals surface area (Å²) in [4.78, 5) is 30.0. The summed E-state index contributed by atoms with van der Waals surface area (Å²) in [5.41, 5.74) is 1.54. The summed E-state index contributed by atoms with van der Waals surface area (Å²) in [6, 6.07) is 23.7. The van der Waals surface area contributed by atoms with Gasteiger partial charge in [-0.2, -0.15) is 0 Å². The smallest absolute Gasteiger partial charge is 0.264 e. The number of amides is 2. The number of nitrogens with one attached hydrogen (secondary N) is 1. The SMILES string of the molecule is Cc1ccc(S(=O)(=O)N(CC(=O)N(Cc2c(Cl)cccc2Cl)[C@@H](Cc2ccccc2)C(=O)NC(C)(C)C)c2ccc(Cl)c(Cl)c2)cc1. The summed E-state index contributed by atoms with van der Waals surface area (Å²) >= 11 is 25.6. The molecule has 0 aliphatic rings. The predicted molar refractivity (Wildman–Crippen MR) is 191 cm³/mol. The van der Waals surface area contributed by atoms with Crippen molar-refractivity contribution in [2.75, 3.05) is 10.8 Å². The Hall–Kier alpha value is -3.27. The number of nitrogens with zero attached hydrogens (tertiary/aromatic N) is 2. The first-order chi connectivity index (χ1) is 22.1. The maximum absolute atomic E-state index is 14.6. The van der Waals surface area contributed by atoms with Gasteiger partial charge in [-0.3, -0.25) is 13.9 Å². The average molecular weight is 736 g/mol. The van der Waals surface area contributed by atoms with E-state index in [0.29, 0.717) is 15.6 Å². The number of aryl methyl sites for hydroxylation is 1. The molecule has 0 radical (unpaired) electrons. The molecule has 0 aliphatic heterocycles. The number of anilines is 1. The maximum atomic E-state index is 14.6. The number of carbonyl (C=O) groups is 2. The third-order valence-corrected chi connectivity index (χ3v) is 10.5. The highest BCUT2D eigenvalue weighted by atomic mass is 35.5. The molecular weight excluding hydrogens is 700 g/mol. The van der Waals surface area contributed by atoms with Crippen LogP contribution in [0.15, 0.2) is 95.9 Å². The molecule has 0 aliphatic carbocycles. The summed E-state index contributed by atoms with van der Waals surface area (Å²) in [5.74, 6) is -1.10. The van der Waals surface area contributed by atoms with E-state index in [9.17, 15) is 18.0 Å². The standard InChI is InChI=1S/C35H35Cl4N3O4S/c1-23-13-16-26(17-14-23)47(45,46)42(25-15-18-30(38)31(39)20-25)22-33(43)41(21-27-28(36)11-8-12-29(27)37)32(34(44)40-35(2,3)4)19-24-9-6-5-7-10-24/h5-18,20,32H,19,21-22H2,1-4H3,(H,40,44)/t32-/m0/s1. The zero-order chi connectivity index (χ0) is 34.5. The molecule has 7 nitrogen and oxygen atoms in total. The first kappa shape index (κ1) is 36.6. The molecule has 12 heteroatoms. The highest BCUT2D eigenvalue weighted by molar-refractivity contribution is 7.92. The fraction of sp³-hybridized carbons (Fsp3) is 0.257. The molecule has 47 heavy (non-hydrogen) atoms. The van der Waals surface area contributed by atoms with Gasteiger partial charge in [-0.1, -0.05) is 100 Å². The van der Waals surface area contributed by atoms with Gasteiger partial charge in [0.1, 0.15) is 12.6 Å². The van der Waals surface area contributed by atoms with E-state index < -0.39 is 40.0 Å². The Morgan fingerprint density at radius 3 is 1.98 bits per heavy atom. The lowest BCUT2D eigenvalue weighted by Crippen LogP contribution is -2.56. The van der Waals surface area contributed by atoms with Crippen molar-refractivity contribution in [3.8, 4) is 0 Å². The van der Waals surface area contributed by atoms with Crippen molar-refractivity contribution in [3.63, 3.8) is 0 Å². The first-order valence-corrected chi connectivity index (χ1v) is 17.6. The maximum Gasteiger partial charge on any atom is 0.264 e. The van der Waals surface area contributed by atoms with Crippen LogP contribution >= 0.6 is 46.4 Å². The minimum Gasteiger partial charge on any atom is -0.350 e.